The van der Waals surface area contributed by atoms with Gasteiger partial charge in [0, 0.05) is 0 Å². The van der Waals surface area contributed by atoms with Gasteiger partial charge >= 0.3 is 96.4 Å². The Morgan fingerprint density at radius 2 is 2.12 bits per heavy atom. The molecule has 0 spiro atoms. The molecule has 1 rings (SSSR count). The molecule has 0 amide bonds. The standard InChI is InChI=1S/C5H13N3O7P2/c9-5(17(12,13)14,16(11)15-7-10)3-8-2-1-6-4-8/h1-2,4,7,9-14,17H,3H2/t5?,16-/m0/s1. The zero-order valence-electron chi connectivity index (χ0n) is 8.37. The number of nitrogens with one attached hydrogen (secondary N) is 1. The normalized spacial score (nSPS) is 18.7. The molecule has 0 aromatic carbocycles. The topological polar surface area (TPSA) is 160 Å². The zero-order valence-corrected chi connectivity index (χ0v) is 10.3. The van der Waals surface area contributed by atoms with Crippen LogP contribution >= 0.6 is 16.3 Å². The van der Waals surface area contributed by atoms with Crippen LogP contribution in [0.25, 0.3) is 0 Å². The molecule has 0 fully saturated rings. The van der Waals surface area contributed by atoms with Crippen molar-refractivity contribution in [3.05, 3.63) is 18.7 Å². The van der Waals surface area contributed by atoms with Crippen molar-refractivity contribution in [2.75, 3.05) is 0 Å². The van der Waals surface area contributed by atoms with Crippen molar-refractivity contribution in [2.45, 2.75) is 11.6 Å². The first-order valence-corrected chi connectivity index (χ1v) is 7.27. The zero-order chi connectivity index (χ0) is 13.1. The predicted octanol–water partition coefficient (Wildman–Crippen LogP) is -1.78. The third-order valence-corrected chi connectivity index (χ3v) is 5.68. The Labute approximate surface area is 97.2 Å². The average molecular weight is 289 g/mol. The van der Waals surface area contributed by atoms with E-state index < -0.39 is 27.9 Å². The van der Waals surface area contributed by atoms with E-state index >= 15 is 0 Å². The Morgan fingerprint density at radius 3 is 2.53 bits per heavy atom. The van der Waals surface area contributed by atoms with Gasteiger partial charge in [-0.05, 0) is 0 Å². The van der Waals surface area contributed by atoms with E-state index in [1.807, 2.05) is 0 Å². The van der Waals surface area contributed by atoms with Crippen LogP contribution in [0.5, 0.6) is 0 Å². The van der Waals surface area contributed by atoms with E-state index in [1.165, 1.54) is 23.3 Å². The van der Waals surface area contributed by atoms with Crippen molar-refractivity contribution >= 4 is 16.3 Å². The van der Waals surface area contributed by atoms with Crippen LogP contribution in [0.4, 0.5) is 0 Å². The maximum atomic E-state index is 9.89. The summed E-state index contributed by atoms with van der Waals surface area (Å²) in [6.45, 7) is -0.577. The van der Waals surface area contributed by atoms with Gasteiger partial charge in [-0.3, -0.25) is 0 Å². The van der Waals surface area contributed by atoms with Crippen molar-refractivity contribution in [1.29, 1.82) is 0 Å². The summed E-state index contributed by atoms with van der Waals surface area (Å²) in [5.41, 5.74) is 1.11. The molecule has 1 aromatic heterocycles. The summed E-state index contributed by atoms with van der Waals surface area (Å²) >= 11 is 0. The van der Waals surface area contributed by atoms with Crippen LogP contribution in [-0.4, -0.2) is 44.5 Å². The molecule has 100 valence electrons. The third kappa shape index (κ3) is 3.36. The second kappa shape index (κ2) is 5.59. The quantitative estimate of drug-likeness (QED) is 0.237. The van der Waals surface area contributed by atoms with Gasteiger partial charge in [0.1, 0.15) is 0 Å². The van der Waals surface area contributed by atoms with Gasteiger partial charge in [-0.15, -0.1) is 0 Å². The molecule has 0 radical (unpaired) electrons. The third-order valence-electron chi connectivity index (χ3n) is 1.94. The molecule has 1 unspecified atom stereocenters. The molecule has 0 saturated heterocycles. The number of hydrogen-bond acceptors (Lipinski definition) is 9. The molecule has 12 heteroatoms. The Kier molecular flexibility index (Phi) is 4.87. The molecule has 7 N–H and O–H groups in total. The summed E-state index contributed by atoms with van der Waals surface area (Å²) in [4.78, 5) is 40.5. The molecule has 0 aliphatic heterocycles. The number of aromatic nitrogens is 2. The molecular weight excluding hydrogens is 276 g/mol. The fraction of sp³-hybridized carbons (Fsp3) is 0.400. The van der Waals surface area contributed by atoms with Gasteiger partial charge in [-0.2, -0.15) is 0 Å². The molecule has 0 saturated carbocycles. The van der Waals surface area contributed by atoms with Gasteiger partial charge in [-0.1, -0.05) is 0 Å². The monoisotopic (exact) mass is 289 g/mol. The number of rotatable bonds is 6. The minimum atomic E-state index is -5.16. The van der Waals surface area contributed by atoms with Crippen LogP contribution in [0.2, 0.25) is 0 Å². The summed E-state index contributed by atoms with van der Waals surface area (Å²) in [5.74, 6) is 0. The molecule has 2 atom stereocenters. The summed E-state index contributed by atoms with van der Waals surface area (Å²) in [6, 6.07) is 0. The molecule has 10 nitrogen and oxygen atoms in total. The Morgan fingerprint density at radius 1 is 1.47 bits per heavy atom. The molecule has 0 aliphatic rings. The van der Waals surface area contributed by atoms with Gasteiger partial charge in [-0.25, -0.2) is 0 Å². The Bertz CT molecular complexity index is 344. The summed E-state index contributed by atoms with van der Waals surface area (Å²) in [7, 11) is -8.12. The average Bonchev–Trinajstić information content (AvgIpc) is 2.68. The van der Waals surface area contributed by atoms with E-state index in [4.69, 9.17) is 19.9 Å². The van der Waals surface area contributed by atoms with E-state index in [1.54, 1.807) is 0 Å². The molecule has 0 bridgehead atoms. The number of aliphatic hydroxyl groups is 1. The van der Waals surface area contributed by atoms with Crippen LogP contribution in [0.15, 0.2) is 18.7 Å². The summed E-state index contributed by atoms with van der Waals surface area (Å²) < 4.78 is 5.27. The van der Waals surface area contributed by atoms with Crippen molar-refractivity contribution in [3.8, 4) is 0 Å². The van der Waals surface area contributed by atoms with Crippen molar-refractivity contribution in [2.24, 2.45) is 0 Å². The van der Waals surface area contributed by atoms with Gasteiger partial charge in [0.2, 0.25) is 0 Å². The van der Waals surface area contributed by atoms with Crippen LogP contribution < -0.4 is 5.64 Å². The van der Waals surface area contributed by atoms with Crippen LogP contribution in [0, 0.1) is 0 Å². The first kappa shape index (κ1) is 14.8. The number of hydrogen-bond donors (Lipinski definition) is 7. The predicted molar refractivity (Wildman–Crippen MR) is 57.3 cm³/mol. The second-order valence-corrected chi connectivity index (χ2v) is 7.13. The van der Waals surface area contributed by atoms with Crippen LogP contribution in [-0.2, 0) is 11.2 Å². The second-order valence-electron chi connectivity index (χ2n) is 3.14. The first-order valence-electron chi connectivity index (χ1n) is 4.21. The number of imidazole rings is 1. The molecule has 0 aliphatic carbocycles. The van der Waals surface area contributed by atoms with E-state index in [0.29, 0.717) is 0 Å². The number of nitrogens with zero attached hydrogens (tertiary/aromatic N) is 2. The summed E-state index contributed by atoms with van der Waals surface area (Å²) in [6.07, 6.45) is 3.93. The van der Waals surface area contributed by atoms with Gasteiger partial charge in [0.25, 0.3) is 0 Å². The molecule has 1 aromatic rings. The Hall–Kier alpha value is -0.250. The molecule has 1 heterocycles. The van der Waals surface area contributed by atoms with Gasteiger partial charge in [0.05, 0.1) is 0 Å². The fourth-order valence-corrected chi connectivity index (χ4v) is 3.11. The van der Waals surface area contributed by atoms with Gasteiger partial charge in [0.15, 0.2) is 0 Å². The minimum absolute atomic E-state index is 0.577. The van der Waals surface area contributed by atoms with Crippen molar-refractivity contribution < 1.29 is 34.5 Å². The molecular formula is C5H13N3O7P2. The fourth-order valence-electron chi connectivity index (χ4n) is 1.04. The van der Waals surface area contributed by atoms with Crippen molar-refractivity contribution in [1.82, 2.24) is 15.2 Å². The maximum absolute atomic E-state index is 9.89. The van der Waals surface area contributed by atoms with Gasteiger partial charge < -0.3 is 0 Å². The van der Waals surface area contributed by atoms with Crippen molar-refractivity contribution in [3.63, 3.8) is 0 Å². The van der Waals surface area contributed by atoms with E-state index in [-0.39, 0.29) is 0 Å². The molecule has 17 heavy (non-hydrogen) atoms. The van der Waals surface area contributed by atoms with E-state index in [0.717, 1.165) is 5.64 Å². The SMILES string of the molecule is ONO[P@](O)C(O)(Cn1ccnc1)[PH](O)(O)O. The van der Waals surface area contributed by atoms with E-state index in [9.17, 15) is 10.00 Å². The van der Waals surface area contributed by atoms with Crippen LogP contribution in [0.1, 0.15) is 0 Å². The van der Waals surface area contributed by atoms with E-state index in [2.05, 4.69) is 9.61 Å². The first-order chi connectivity index (χ1) is 7.81. The summed E-state index contributed by atoms with van der Waals surface area (Å²) in [5, 5.41) is 15.4. The Balaban J connectivity index is 2.94. The van der Waals surface area contributed by atoms with Crippen LogP contribution in [0.3, 0.4) is 0 Å².